The molecule has 0 saturated carbocycles. The number of aromatic amines is 1. The number of rotatable bonds is 16. The normalized spacial score (nSPS) is 24.6. The van der Waals surface area contributed by atoms with Gasteiger partial charge in [0.05, 0.1) is 26.1 Å². The second-order valence-electron chi connectivity index (χ2n) is 11.9. The summed E-state index contributed by atoms with van der Waals surface area (Å²) in [7, 11) is -4.32. The molecule has 1 aliphatic rings. The number of carbonyl (C=O) groups is 2. The number of aliphatic hydroxyl groups excluding tert-OH is 1. The molecule has 1 fully saturated rings. The molecule has 1 aliphatic heterocycles. The molecule has 254 valence electrons. The Kier molecular flexibility index (Phi) is 12.3. The first-order valence-corrected chi connectivity index (χ1v) is 16.6. The van der Waals surface area contributed by atoms with Gasteiger partial charge in [-0.15, -0.1) is 0 Å². The van der Waals surface area contributed by atoms with Gasteiger partial charge in [0.1, 0.15) is 29.9 Å². The number of fused-ring (bicyclic) bond motifs is 1. The molecule has 6 atom stereocenters. The van der Waals surface area contributed by atoms with E-state index in [0.717, 1.165) is 0 Å². The van der Waals surface area contributed by atoms with E-state index in [1.54, 1.807) is 13.8 Å². The quantitative estimate of drug-likeness (QED) is 0.109. The van der Waals surface area contributed by atoms with Crippen LogP contribution in [0.5, 0.6) is 0 Å². The number of nitrogens with zero attached hydrogens (tertiary/aromatic N) is 3. The summed E-state index contributed by atoms with van der Waals surface area (Å²) in [6.45, 7) is 11.7. The van der Waals surface area contributed by atoms with Crippen molar-refractivity contribution in [3.8, 4) is 0 Å². The second kappa shape index (κ2) is 15.1. The van der Waals surface area contributed by atoms with E-state index in [1.807, 2.05) is 27.7 Å². The number of aromatic nitrogens is 4. The summed E-state index contributed by atoms with van der Waals surface area (Å²) in [6.07, 6.45) is -2.53. The van der Waals surface area contributed by atoms with Crippen molar-refractivity contribution in [3.05, 3.63) is 16.7 Å². The molecule has 2 aromatic heterocycles. The molecule has 0 spiro atoms. The molecule has 0 bridgehead atoms. The summed E-state index contributed by atoms with van der Waals surface area (Å²) in [4.78, 5) is 48.4. The summed E-state index contributed by atoms with van der Waals surface area (Å²) in [5, 5.41) is 27.9. The average Bonchev–Trinajstić information content (AvgIpc) is 3.44. The number of esters is 2. The lowest BCUT2D eigenvalue weighted by Gasteiger charge is -2.30. The van der Waals surface area contributed by atoms with Gasteiger partial charge in [0.15, 0.2) is 17.4 Å². The number of aliphatic hydroxyl groups is 2. The fraction of sp³-hybridized carbons (Fsp3) is 0.741. The number of hydrogen-bond acceptors (Lipinski definition) is 13. The van der Waals surface area contributed by atoms with Crippen molar-refractivity contribution in [2.24, 2.45) is 11.8 Å². The average molecular weight is 660 g/mol. The maximum atomic E-state index is 14.5. The fourth-order valence-corrected chi connectivity index (χ4v) is 6.85. The molecule has 0 amide bonds. The minimum absolute atomic E-state index is 0.00114. The number of hydrogen-bond donors (Lipinski definition) is 6. The Labute approximate surface area is 261 Å². The Morgan fingerprint density at radius 1 is 1.13 bits per heavy atom. The van der Waals surface area contributed by atoms with Gasteiger partial charge in [0.2, 0.25) is 5.95 Å². The van der Waals surface area contributed by atoms with Crippen LogP contribution >= 0.6 is 7.67 Å². The van der Waals surface area contributed by atoms with Crippen molar-refractivity contribution in [2.45, 2.75) is 97.4 Å². The SMILES string of the molecule is CCOC(=O)C(CC(C)C)NP(=O)(NC(CC(C)C)C(=O)OCC)OC[C@H]1O[C@@H](n2cnc3c(=O)[nH]c(N)nc32)C(C)(O)C1O. The Bertz CT molecular complexity index is 1390. The van der Waals surface area contributed by atoms with Gasteiger partial charge in [0, 0.05) is 0 Å². The van der Waals surface area contributed by atoms with Gasteiger partial charge in [-0.2, -0.15) is 4.98 Å². The van der Waals surface area contributed by atoms with Crippen molar-refractivity contribution in [1.29, 1.82) is 0 Å². The molecular weight excluding hydrogens is 613 g/mol. The minimum Gasteiger partial charge on any atom is -0.465 e. The lowest BCUT2D eigenvalue weighted by Crippen LogP contribution is -2.47. The Balaban J connectivity index is 1.94. The zero-order chi connectivity index (χ0) is 33.7. The Morgan fingerprint density at radius 3 is 2.16 bits per heavy atom. The third-order valence-electron chi connectivity index (χ3n) is 7.09. The van der Waals surface area contributed by atoms with Crippen LogP contribution in [0, 0.1) is 11.8 Å². The first kappa shape index (κ1) is 36.5. The summed E-state index contributed by atoms with van der Waals surface area (Å²) >= 11 is 0. The number of H-pyrrole nitrogens is 1. The van der Waals surface area contributed by atoms with Gasteiger partial charge >= 0.3 is 19.6 Å². The molecule has 4 unspecified atom stereocenters. The molecule has 3 heterocycles. The van der Waals surface area contributed by atoms with E-state index in [4.69, 9.17) is 24.5 Å². The van der Waals surface area contributed by atoms with Crippen molar-refractivity contribution >= 4 is 36.7 Å². The molecule has 2 aromatic rings. The lowest BCUT2D eigenvalue weighted by molar-refractivity contribution is -0.146. The first-order chi connectivity index (χ1) is 21.0. The number of nitrogens with two attached hydrogens (primary N) is 1. The highest BCUT2D eigenvalue weighted by Gasteiger charge is 2.54. The van der Waals surface area contributed by atoms with Crippen LogP contribution in [0.4, 0.5) is 5.95 Å². The summed E-state index contributed by atoms with van der Waals surface area (Å²) in [6, 6.07) is -2.16. The van der Waals surface area contributed by atoms with E-state index in [2.05, 4.69) is 25.1 Å². The summed E-state index contributed by atoms with van der Waals surface area (Å²) in [5.74, 6) is -1.56. The van der Waals surface area contributed by atoms with E-state index in [-0.39, 0.29) is 55.0 Å². The van der Waals surface area contributed by atoms with Crippen molar-refractivity contribution in [1.82, 2.24) is 29.7 Å². The van der Waals surface area contributed by atoms with Crippen molar-refractivity contribution < 1.29 is 43.1 Å². The van der Waals surface area contributed by atoms with Gasteiger partial charge in [-0.1, -0.05) is 27.7 Å². The molecule has 1 saturated heterocycles. The number of nitrogens with one attached hydrogen (secondary N) is 3. The highest BCUT2D eigenvalue weighted by Crippen LogP contribution is 2.44. The highest BCUT2D eigenvalue weighted by molar-refractivity contribution is 7.54. The molecule has 0 aliphatic carbocycles. The third-order valence-corrected chi connectivity index (χ3v) is 8.90. The molecule has 7 N–H and O–H groups in total. The summed E-state index contributed by atoms with van der Waals surface area (Å²) in [5.41, 5.74) is 3.05. The number of nitrogen functional groups attached to an aromatic ring is 1. The van der Waals surface area contributed by atoms with E-state index in [0.29, 0.717) is 0 Å². The zero-order valence-electron chi connectivity index (χ0n) is 26.7. The van der Waals surface area contributed by atoms with Crippen LogP contribution in [-0.4, -0.2) is 91.4 Å². The number of ether oxygens (including phenoxy) is 3. The third kappa shape index (κ3) is 8.87. The van der Waals surface area contributed by atoms with Gasteiger partial charge in [-0.05, 0) is 45.4 Å². The van der Waals surface area contributed by atoms with Crippen LogP contribution in [-0.2, 0) is 32.9 Å². The molecule has 3 rings (SSSR count). The maximum Gasteiger partial charge on any atom is 0.342 e. The Hall–Kier alpha value is -2.92. The van der Waals surface area contributed by atoms with E-state index in [1.165, 1.54) is 17.8 Å². The van der Waals surface area contributed by atoms with Gasteiger partial charge in [-0.25, -0.2) is 15.2 Å². The van der Waals surface area contributed by atoms with E-state index in [9.17, 15) is 29.2 Å². The van der Waals surface area contributed by atoms with E-state index < -0.39 is 67.9 Å². The van der Waals surface area contributed by atoms with Gasteiger partial charge in [-0.3, -0.25) is 28.5 Å². The zero-order valence-corrected chi connectivity index (χ0v) is 27.6. The minimum atomic E-state index is -4.32. The van der Waals surface area contributed by atoms with E-state index >= 15 is 0 Å². The number of imidazole rings is 1. The molecule has 0 aromatic carbocycles. The van der Waals surface area contributed by atoms with Crippen LogP contribution in [0.3, 0.4) is 0 Å². The maximum absolute atomic E-state index is 14.5. The fourth-order valence-electron chi connectivity index (χ4n) is 5.02. The molecule has 17 nitrogen and oxygen atoms in total. The van der Waals surface area contributed by atoms with Crippen LogP contribution in [0.15, 0.2) is 11.1 Å². The van der Waals surface area contributed by atoms with Crippen LogP contribution in [0.1, 0.15) is 67.5 Å². The largest absolute Gasteiger partial charge is 0.465 e. The smallest absolute Gasteiger partial charge is 0.342 e. The topological polar surface area (TPSA) is 242 Å². The molecular formula is C27H46N7O10P. The first-order valence-electron chi connectivity index (χ1n) is 14.9. The van der Waals surface area contributed by atoms with Gasteiger partial charge < -0.3 is 34.7 Å². The predicted molar refractivity (Wildman–Crippen MR) is 163 cm³/mol. The van der Waals surface area contributed by atoms with Crippen LogP contribution in [0.25, 0.3) is 11.2 Å². The number of carbonyl (C=O) groups excluding carboxylic acids is 2. The number of anilines is 1. The van der Waals surface area contributed by atoms with Crippen molar-refractivity contribution in [2.75, 3.05) is 25.6 Å². The standard InChI is InChI=1S/C27H46N7O10P/c1-8-41-23(37)16(10-14(3)4)32-45(40,33-17(11-15(5)6)24(38)42-9-2)43-12-18-20(35)27(7,39)25(44-18)34-13-29-19-21(34)30-26(28)31-22(19)36/h13-18,20,25,35,39H,8-12H2,1-7H3,(H2,32,33,40)(H3,28,30,31,36)/t16?,17?,18-,20?,25-,27?,45?/m1/s1. The lowest BCUT2D eigenvalue weighted by atomic mass is 9.96. The monoisotopic (exact) mass is 659 g/mol. The summed E-state index contributed by atoms with van der Waals surface area (Å²) < 4.78 is 37.9. The molecule has 18 heteroatoms. The van der Waals surface area contributed by atoms with Crippen LogP contribution in [0.2, 0.25) is 0 Å². The Morgan fingerprint density at radius 2 is 1.67 bits per heavy atom. The van der Waals surface area contributed by atoms with Crippen molar-refractivity contribution in [3.63, 3.8) is 0 Å². The predicted octanol–water partition coefficient (Wildman–Crippen LogP) is 0.971. The molecule has 45 heavy (non-hydrogen) atoms. The highest BCUT2D eigenvalue weighted by atomic mass is 31.2. The second-order valence-corrected chi connectivity index (χ2v) is 13.8. The van der Waals surface area contributed by atoms with Crippen LogP contribution < -0.4 is 21.5 Å². The van der Waals surface area contributed by atoms with Gasteiger partial charge in [0.25, 0.3) is 5.56 Å². The molecule has 0 radical (unpaired) electrons.